The van der Waals surface area contributed by atoms with Gasteiger partial charge in [0.2, 0.25) is 0 Å². The van der Waals surface area contributed by atoms with Gasteiger partial charge < -0.3 is 19.5 Å². The number of benzene rings is 2. The second kappa shape index (κ2) is 8.90. The smallest absolute Gasteiger partial charge is 0.272 e. The Morgan fingerprint density at radius 3 is 2.54 bits per heavy atom. The quantitative estimate of drug-likeness (QED) is 0.645. The highest BCUT2D eigenvalue weighted by Crippen LogP contribution is 2.27. The van der Waals surface area contributed by atoms with Crippen molar-refractivity contribution in [1.29, 1.82) is 0 Å². The van der Waals surface area contributed by atoms with Crippen LogP contribution in [-0.2, 0) is 13.3 Å². The highest BCUT2D eigenvalue weighted by Gasteiger charge is 2.11. The Labute approximate surface area is 161 Å². The topological polar surface area (TPSA) is 74.6 Å². The fourth-order valence-corrected chi connectivity index (χ4v) is 2.49. The van der Waals surface area contributed by atoms with Gasteiger partial charge in [-0.25, -0.2) is 9.07 Å². The minimum absolute atomic E-state index is 0.106. The molecule has 1 aromatic heterocycles. The van der Waals surface area contributed by atoms with E-state index in [2.05, 4.69) is 10.4 Å². The summed E-state index contributed by atoms with van der Waals surface area (Å²) in [5, 5.41) is 6.98. The standard InChI is InChI=1S/C20H20FN3O4/c1-26-18-8-3-14(11-19(18)27-2)12-22-20(25)17-9-10-24(23-17)13-28-16-6-4-15(21)5-7-16/h3-11H,12-13H2,1-2H3,(H,22,25). The first-order valence-corrected chi connectivity index (χ1v) is 8.50. The molecule has 0 radical (unpaired) electrons. The van der Waals surface area contributed by atoms with Gasteiger partial charge in [0.15, 0.2) is 18.2 Å². The Hall–Kier alpha value is -3.55. The van der Waals surface area contributed by atoms with Gasteiger partial charge in [-0.3, -0.25) is 4.79 Å². The summed E-state index contributed by atoms with van der Waals surface area (Å²) in [4.78, 5) is 12.3. The number of ether oxygens (including phenoxy) is 3. The predicted octanol–water partition coefficient (Wildman–Crippen LogP) is 3.01. The molecule has 0 unspecified atom stereocenters. The molecule has 0 saturated heterocycles. The summed E-state index contributed by atoms with van der Waals surface area (Å²) in [5.74, 6) is 1.08. The molecule has 7 nitrogen and oxygen atoms in total. The minimum atomic E-state index is -0.333. The van der Waals surface area contributed by atoms with Gasteiger partial charge in [-0.1, -0.05) is 6.07 Å². The number of nitrogens with zero attached hydrogens (tertiary/aromatic N) is 2. The first-order chi connectivity index (χ1) is 13.6. The first kappa shape index (κ1) is 19.2. The Bertz CT molecular complexity index is 941. The maximum absolute atomic E-state index is 12.9. The van der Waals surface area contributed by atoms with Gasteiger partial charge in [0, 0.05) is 12.7 Å². The molecule has 1 heterocycles. The van der Waals surface area contributed by atoms with E-state index in [1.165, 1.54) is 28.9 Å². The van der Waals surface area contributed by atoms with Gasteiger partial charge in [0.05, 0.1) is 14.2 Å². The number of hydrogen-bond donors (Lipinski definition) is 1. The van der Waals surface area contributed by atoms with Crippen LogP contribution in [-0.4, -0.2) is 29.9 Å². The molecule has 3 rings (SSSR count). The molecule has 1 N–H and O–H groups in total. The highest BCUT2D eigenvalue weighted by molar-refractivity contribution is 5.92. The highest BCUT2D eigenvalue weighted by atomic mass is 19.1. The SMILES string of the molecule is COc1ccc(CNC(=O)c2ccn(COc3ccc(F)cc3)n2)cc1OC. The number of nitrogens with one attached hydrogen (secondary N) is 1. The maximum atomic E-state index is 12.9. The van der Waals surface area contributed by atoms with Crippen molar-refractivity contribution in [3.63, 3.8) is 0 Å². The lowest BCUT2D eigenvalue weighted by molar-refractivity contribution is 0.0944. The number of hydrogen-bond acceptors (Lipinski definition) is 5. The van der Waals surface area contributed by atoms with E-state index in [4.69, 9.17) is 14.2 Å². The van der Waals surface area contributed by atoms with E-state index in [1.54, 1.807) is 38.6 Å². The number of aromatic nitrogens is 2. The molecule has 3 aromatic rings. The third-order valence-corrected chi connectivity index (χ3v) is 3.95. The van der Waals surface area contributed by atoms with Gasteiger partial charge in [-0.15, -0.1) is 0 Å². The minimum Gasteiger partial charge on any atom is -0.493 e. The van der Waals surface area contributed by atoms with Gasteiger partial charge >= 0.3 is 0 Å². The van der Waals surface area contributed by atoms with E-state index in [1.807, 2.05) is 6.07 Å². The monoisotopic (exact) mass is 385 g/mol. The zero-order chi connectivity index (χ0) is 19.9. The van der Waals surface area contributed by atoms with Crippen molar-refractivity contribution in [3.8, 4) is 17.2 Å². The summed E-state index contributed by atoms with van der Waals surface area (Å²) >= 11 is 0. The van der Waals surface area contributed by atoms with E-state index in [9.17, 15) is 9.18 Å². The molecule has 0 aliphatic rings. The first-order valence-electron chi connectivity index (χ1n) is 8.50. The number of halogens is 1. The summed E-state index contributed by atoms with van der Waals surface area (Å²) in [6, 6.07) is 12.7. The molecule has 0 aliphatic heterocycles. The lowest BCUT2D eigenvalue weighted by atomic mass is 10.2. The normalized spacial score (nSPS) is 10.4. The Morgan fingerprint density at radius 2 is 1.82 bits per heavy atom. The third kappa shape index (κ3) is 4.79. The fraction of sp³-hybridized carbons (Fsp3) is 0.200. The number of carbonyl (C=O) groups excluding carboxylic acids is 1. The zero-order valence-electron chi connectivity index (χ0n) is 15.5. The maximum Gasteiger partial charge on any atom is 0.272 e. The van der Waals surface area contributed by atoms with Crippen molar-refractivity contribution in [3.05, 3.63) is 71.8 Å². The summed E-state index contributed by atoms with van der Waals surface area (Å²) in [7, 11) is 3.12. The summed E-state index contributed by atoms with van der Waals surface area (Å²) in [6.45, 7) is 0.423. The predicted molar refractivity (Wildman–Crippen MR) is 100.0 cm³/mol. The second-order valence-corrected chi connectivity index (χ2v) is 5.84. The molecule has 1 amide bonds. The molecular formula is C20H20FN3O4. The number of amides is 1. The van der Waals surface area contributed by atoms with Crippen LogP contribution >= 0.6 is 0 Å². The number of carbonyl (C=O) groups is 1. The van der Waals surface area contributed by atoms with Crippen LogP contribution < -0.4 is 19.5 Å². The average Bonchev–Trinajstić information content (AvgIpc) is 3.20. The summed E-state index contributed by atoms with van der Waals surface area (Å²) < 4.78 is 30.3. The lowest BCUT2D eigenvalue weighted by Crippen LogP contribution is -2.23. The van der Waals surface area contributed by atoms with Crippen LogP contribution in [0.5, 0.6) is 17.2 Å². The number of rotatable bonds is 8. The number of methoxy groups -OCH3 is 2. The Kier molecular flexibility index (Phi) is 6.11. The van der Waals surface area contributed by atoms with Crippen molar-refractivity contribution in [2.24, 2.45) is 0 Å². The average molecular weight is 385 g/mol. The van der Waals surface area contributed by atoms with Crippen molar-refractivity contribution < 1.29 is 23.4 Å². The van der Waals surface area contributed by atoms with Crippen LogP contribution in [0.15, 0.2) is 54.7 Å². The molecule has 8 heteroatoms. The van der Waals surface area contributed by atoms with Crippen LogP contribution in [0.2, 0.25) is 0 Å². The third-order valence-electron chi connectivity index (χ3n) is 3.95. The molecule has 0 aliphatic carbocycles. The van der Waals surface area contributed by atoms with E-state index < -0.39 is 0 Å². The van der Waals surface area contributed by atoms with Crippen LogP contribution in [0.4, 0.5) is 4.39 Å². The van der Waals surface area contributed by atoms with Crippen molar-refractivity contribution in [2.45, 2.75) is 13.3 Å². The summed E-state index contributed by atoms with van der Waals surface area (Å²) in [6.07, 6.45) is 1.63. The molecule has 0 spiro atoms. The van der Waals surface area contributed by atoms with Crippen LogP contribution in [0, 0.1) is 5.82 Å². The van der Waals surface area contributed by atoms with E-state index in [0.29, 0.717) is 23.8 Å². The summed E-state index contributed by atoms with van der Waals surface area (Å²) in [5.41, 5.74) is 1.13. The van der Waals surface area contributed by atoms with E-state index in [0.717, 1.165) is 5.56 Å². The lowest BCUT2D eigenvalue weighted by Gasteiger charge is -2.10. The largest absolute Gasteiger partial charge is 0.493 e. The van der Waals surface area contributed by atoms with Gasteiger partial charge in [0.25, 0.3) is 5.91 Å². The Balaban J connectivity index is 1.54. The molecule has 2 aromatic carbocycles. The zero-order valence-corrected chi connectivity index (χ0v) is 15.5. The molecule has 28 heavy (non-hydrogen) atoms. The van der Waals surface area contributed by atoms with E-state index >= 15 is 0 Å². The fourth-order valence-electron chi connectivity index (χ4n) is 2.49. The van der Waals surface area contributed by atoms with Crippen molar-refractivity contribution in [1.82, 2.24) is 15.1 Å². The molecular weight excluding hydrogens is 365 g/mol. The van der Waals surface area contributed by atoms with Crippen LogP contribution in [0.3, 0.4) is 0 Å². The molecule has 0 atom stereocenters. The van der Waals surface area contributed by atoms with Gasteiger partial charge in [-0.05, 0) is 48.0 Å². The van der Waals surface area contributed by atoms with Gasteiger partial charge in [-0.2, -0.15) is 5.10 Å². The van der Waals surface area contributed by atoms with Crippen LogP contribution in [0.1, 0.15) is 16.1 Å². The second-order valence-electron chi connectivity index (χ2n) is 5.84. The molecule has 0 fully saturated rings. The molecule has 146 valence electrons. The van der Waals surface area contributed by atoms with Crippen molar-refractivity contribution >= 4 is 5.91 Å². The van der Waals surface area contributed by atoms with Crippen LogP contribution in [0.25, 0.3) is 0 Å². The molecule has 0 saturated carbocycles. The molecule has 0 bridgehead atoms. The Morgan fingerprint density at radius 1 is 1.07 bits per heavy atom. The van der Waals surface area contributed by atoms with E-state index in [-0.39, 0.29) is 24.1 Å². The van der Waals surface area contributed by atoms with Gasteiger partial charge in [0.1, 0.15) is 17.3 Å². The van der Waals surface area contributed by atoms with Crippen molar-refractivity contribution in [2.75, 3.05) is 14.2 Å².